The van der Waals surface area contributed by atoms with Gasteiger partial charge in [-0.1, -0.05) is 53.5 Å². The van der Waals surface area contributed by atoms with Crippen molar-refractivity contribution in [3.05, 3.63) is 117 Å². The number of anilines is 2. The fourth-order valence-corrected chi connectivity index (χ4v) is 4.43. The minimum absolute atomic E-state index is 0.202. The summed E-state index contributed by atoms with van der Waals surface area (Å²) >= 11 is 12.3. The highest BCUT2D eigenvalue weighted by molar-refractivity contribution is 6.31. The summed E-state index contributed by atoms with van der Waals surface area (Å²) in [6.07, 6.45) is 4.43. The molecule has 0 unspecified atom stereocenters. The molecule has 4 aromatic rings. The molecule has 0 aliphatic carbocycles. The molecule has 2 amide bonds. The van der Waals surface area contributed by atoms with Gasteiger partial charge in [0.25, 0.3) is 5.56 Å². The number of nitrogens with one attached hydrogen (secondary N) is 3. The predicted octanol–water partition coefficient (Wildman–Crippen LogP) is 3.35. The van der Waals surface area contributed by atoms with Gasteiger partial charge in [-0.15, -0.1) is 5.53 Å². The highest BCUT2D eigenvalue weighted by atomic mass is 35.5. The van der Waals surface area contributed by atoms with Crippen LogP contribution in [0.25, 0.3) is 11.3 Å². The minimum Gasteiger partial charge on any atom is -0.366 e. The van der Waals surface area contributed by atoms with Crippen LogP contribution in [0.15, 0.2) is 95.4 Å². The molecule has 0 saturated carbocycles. The van der Waals surface area contributed by atoms with Crippen molar-refractivity contribution >= 4 is 46.5 Å². The Kier molecular flexibility index (Phi) is 7.78. The number of nitrogens with zero attached hydrogens (tertiary/aromatic N) is 4. The van der Waals surface area contributed by atoms with Gasteiger partial charge in [0.15, 0.2) is 0 Å². The van der Waals surface area contributed by atoms with Gasteiger partial charge in [-0.25, -0.2) is 9.97 Å². The third kappa shape index (κ3) is 5.96. The number of pyridine rings is 1. The first-order valence-electron chi connectivity index (χ1n) is 12.0. The Morgan fingerprint density at radius 1 is 1.02 bits per heavy atom. The minimum atomic E-state index is -0.959. The normalized spacial score (nSPS) is 13.3. The molecule has 0 fully saturated rings. The number of carbonyl (C=O) groups excluding carboxylic acids is 2. The number of carbonyl (C=O) groups is 2. The maximum Gasteiger partial charge on any atom is 0.254 e. The summed E-state index contributed by atoms with van der Waals surface area (Å²) in [7, 11) is 0. The molecule has 40 heavy (non-hydrogen) atoms. The van der Waals surface area contributed by atoms with E-state index in [1.165, 1.54) is 35.3 Å². The summed E-state index contributed by atoms with van der Waals surface area (Å²) < 4.78 is 1.26. The lowest BCUT2D eigenvalue weighted by Crippen LogP contribution is -2.36. The first kappa shape index (κ1) is 26.9. The third-order valence-corrected chi connectivity index (χ3v) is 6.50. The van der Waals surface area contributed by atoms with Gasteiger partial charge in [-0.05, 0) is 35.9 Å². The lowest BCUT2D eigenvalue weighted by atomic mass is 10.0. The zero-order valence-electron chi connectivity index (χ0n) is 20.7. The Hall–Kier alpha value is -4.71. The highest BCUT2D eigenvalue weighted by Gasteiger charge is 2.24. The van der Waals surface area contributed by atoms with E-state index in [-0.39, 0.29) is 17.8 Å². The van der Waals surface area contributed by atoms with Gasteiger partial charge in [0.2, 0.25) is 11.8 Å². The lowest BCUT2D eigenvalue weighted by molar-refractivity contribution is -0.119. The Balaban J connectivity index is 1.49. The van der Waals surface area contributed by atoms with E-state index in [4.69, 9.17) is 28.9 Å². The summed E-state index contributed by atoms with van der Waals surface area (Å²) in [6.45, 7) is 0. The van der Waals surface area contributed by atoms with Crippen molar-refractivity contribution in [2.45, 2.75) is 12.5 Å². The van der Waals surface area contributed by atoms with Crippen LogP contribution in [-0.2, 0) is 11.2 Å². The van der Waals surface area contributed by atoms with Crippen LogP contribution in [0.5, 0.6) is 0 Å². The number of nitrogens with two attached hydrogens (primary N) is 1. The van der Waals surface area contributed by atoms with Crippen molar-refractivity contribution in [3.63, 3.8) is 0 Å². The second kappa shape index (κ2) is 11.6. The van der Waals surface area contributed by atoms with E-state index in [0.29, 0.717) is 27.1 Å². The maximum absolute atomic E-state index is 13.5. The average molecular weight is 577 g/mol. The predicted molar refractivity (Wildman–Crippen MR) is 152 cm³/mol. The van der Waals surface area contributed by atoms with Gasteiger partial charge in [-0.3, -0.25) is 29.4 Å². The Labute approximate surface area is 238 Å². The molecule has 1 atom stereocenters. The molecule has 13 heteroatoms. The van der Waals surface area contributed by atoms with Gasteiger partial charge in [0, 0.05) is 29.3 Å². The fourth-order valence-electron chi connectivity index (χ4n) is 4.11. The first-order valence-corrected chi connectivity index (χ1v) is 12.7. The van der Waals surface area contributed by atoms with Gasteiger partial charge in [-0.2, -0.15) is 0 Å². The molecule has 3 heterocycles. The van der Waals surface area contributed by atoms with Crippen LogP contribution in [-0.4, -0.2) is 26.3 Å². The van der Waals surface area contributed by atoms with Crippen molar-refractivity contribution < 1.29 is 9.59 Å². The number of hydrogen-bond donors (Lipinski definition) is 4. The van der Waals surface area contributed by atoms with E-state index in [0.717, 1.165) is 5.56 Å². The van der Waals surface area contributed by atoms with Crippen molar-refractivity contribution in [3.8, 4) is 11.3 Å². The molecule has 0 bridgehead atoms. The molecule has 1 aliphatic heterocycles. The Bertz CT molecular complexity index is 1660. The van der Waals surface area contributed by atoms with Gasteiger partial charge >= 0.3 is 0 Å². The number of aromatic nitrogens is 3. The third-order valence-electron chi connectivity index (χ3n) is 6.08. The quantitative estimate of drug-likeness (QED) is 0.233. The monoisotopic (exact) mass is 576 g/mol. The first-order chi connectivity index (χ1) is 19.3. The van der Waals surface area contributed by atoms with Crippen LogP contribution in [0.2, 0.25) is 5.02 Å². The number of primary amides is 1. The summed E-state index contributed by atoms with van der Waals surface area (Å²) in [5, 5.41) is 5.16. The number of benzene rings is 2. The molecule has 11 nitrogen and oxygen atoms in total. The van der Waals surface area contributed by atoms with Crippen LogP contribution in [0.3, 0.4) is 0 Å². The standard InChI is InChI=1S/C27H22Cl2N8O3/c28-18-7-8-21(37-14-23(29)34-35-37)19(11-18)20-12-25(38)36(15-32-20)22(10-16-4-2-1-3-5-16)27(40)33-24-9-6-17(13-31-24)26(30)39/h1-9,11-15,22,34-35H,10H2,(H2,30,39)(H,31,33,40)/t22-/m0/s1. The van der Waals surface area contributed by atoms with E-state index in [1.54, 1.807) is 29.4 Å². The molecular weight excluding hydrogens is 555 g/mol. The molecule has 0 spiro atoms. The number of halogens is 2. The van der Waals surface area contributed by atoms with E-state index >= 15 is 0 Å². The fraction of sp³-hybridized carbons (Fsp3) is 0.0741. The van der Waals surface area contributed by atoms with Gasteiger partial charge < -0.3 is 11.1 Å². The summed E-state index contributed by atoms with van der Waals surface area (Å²) in [6, 6.07) is 17.7. The van der Waals surface area contributed by atoms with Crippen molar-refractivity contribution in [1.29, 1.82) is 0 Å². The highest BCUT2D eigenvalue weighted by Crippen LogP contribution is 2.32. The smallest absolute Gasteiger partial charge is 0.254 e. The average Bonchev–Trinajstić information content (AvgIpc) is 3.38. The van der Waals surface area contributed by atoms with Crippen molar-refractivity contribution in [2.24, 2.45) is 5.73 Å². The van der Waals surface area contributed by atoms with Gasteiger partial charge in [0.05, 0.1) is 29.5 Å². The zero-order valence-corrected chi connectivity index (χ0v) is 22.2. The molecule has 5 rings (SSSR count). The number of hydrogen-bond acceptors (Lipinski definition) is 8. The van der Waals surface area contributed by atoms with Crippen LogP contribution in [0, 0.1) is 0 Å². The molecule has 0 radical (unpaired) electrons. The summed E-state index contributed by atoms with van der Waals surface area (Å²) in [5.41, 5.74) is 13.1. The van der Waals surface area contributed by atoms with E-state index < -0.39 is 23.4 Å². The van der Waals surface area contributed by atoms with Crippen molar-refractivity contribution in [1.82, 2.24) is 25.5 Å². The summed E-state index contributed by atoms with van der Waals surface area (Å²) in [4.78, 5) is 46.9. The Morgan fingerprint density at radius 3 is 2.48 bits per heavy atom. The number of rotatable bonds is 8. The molecule has 202 valence electrons. The van der Waals surface area contributed by atoms with E-state index in [1.807, 2.05) is 30.3 Å². The van der Waals surface area contributed by atoms with Crippen LogP contribution in [0.1, 0.15) is 22.0 Å². The zero-order chi connectivity index (χ0) is 28.2. The number of amides is 2. The molecule has 2 aromatic heterocycles. The topological polar surface area (TPSA) is 147 Å². The van der Waals surface area contributed by atoms with E-state index in [2.05, 4.69) is 26.2 Å². The molecule has 5 N–H and O–H groups in total. The largest absolute Gasteiger partial charge is 0.366 e. The molecular formula is C27H22Cl2N8O3. The van der Waals surface area contributed by atoms with Crippen LogP contribution >= 0.6 is 23.2 Å². The Morgan fingerprint density at radius 2 is 1.82 bits per heavy atom. The SMILES string of the molecule is NC(=O)c1ccc(NC(=O)[C@H](Cc2ccccc2)n2cnc(-c3cc(Cl)ccc3N3C=C(Cl)NN3)cc2=O)nc1. The van der Waals surface area contributed by atoms with E-state index in [9.17, 15) is 14.4 Å². The summed E-state index contributed by atoms with van der Waals surface area (Å²) in [5.74, 6) is -0.924. The second-order valence-corrected chi connectivity index (χ2v) is 9.60. The van der Waals surface area contributed by atoms with Gasteiger partial charge in [0.1, 0.15) is 17.0 Å². The second-order valence-electron chi connectivity index (χ2n) is 8.76. The molecule has 2 aromatic carbocycles. The molecule has 1 aliphatic rings. The van der Waals surface area contributed by atoms with Crippen LogP contribution in [0.4, 0.5) is 11.5 Å². The lowest BCUT2D eigenvalue weighted by Gasteiger charge is -2.21. The number of hydrazine groups is 2. The molecule has 0 saturated heterocycles. The van der Waals surface area contributed by atoms with Crippen LogP contribution < -0.4 is 32.6 Å². The maximum atomic E-state index is 13.5. The van der Waals surface area contributed by atoms with Crippen molar-refractivity contribution in [2.75, 3.05) is 10.3 Å².